The van der Waals surface area contributed by atoms with E-state index in [0.29, 0.717) is 0 Å². The Labute approximate surface area is 105 Å². The number of aliphatic hydroxyl groups excluding tert-OH is 1. The first-order chi connectivity index (χ1) is 8.47. The summed E-state index contributed by atoms with van der Waals surface area (Å²) in [6.45, 7) is 2.16. The first kappa shape index (κ1) is 12.9. The molecule has 1 aromatic heterocycles. The Bertz CT molecular complexity index is 640. The van der Waals surface area contributed by atoms with Crippen molar-refractivity contribution in [2.45, 2.75) is 13.0 Å². The maximum absolute atomic E-state index is 11.8. The predicted molar refractivity (Wildman–Crippen MR) is 69.7 cm³/mol. The number of fused-ring (bicyclic) bond motifs is 1. The van der Waals surface area contributed by atoms with E-state index in [9.17, 15) is 9.90 Å². The van der Waals surface area contributed by atoms with Gasteiger partial charge in [0.15, 0.2) is 0 Å². The zero-order chi connectivity index (χ0) is 13.4. The lowest BCUT2D eigenvalue weighted by molar-refractivity contribution is 0.0641. The summed E-state index contributed by atoms with van der Waals surface area (Å²) >= 11 is 0. The van der Waals surface area contributed by atoms with Gasteiger partial charge in [0.2, 0.25) is 0 Å². The van der Waals surface area contributed by atoms with E-state index in [-0.39, 0.29) is 12.3 Å². The molecule has 0 spiro atoms. The maximum atomic E-state index is 11.8. The molecule has 0 fully saturated rings. The Balaban J connectivity index is 2.68. The monoisotopic (exact) mass is 250 g/mol. The van der Waals surface area contributed by atoms with Gasteiger partial charge < -0.3 is 9.84 Å². The second-order valence-electron chi connectivity index (χ2n) is 4.57. The molecule has 5 nitrogen and oxygen atoms in total. The van der Waals surface area contributed by atoms with Crippen molar-refractivity contribution >= 4 is 11.0 Å². The van der Waals surface area contributed by atoms with Crippen molar-refractivity contribution < 1.29 is 9.84 Å². The van der Waals surface area contributed by atoms with Crippen LogP contribution in [0.3, 0.4) is 0 Å². The van der Waals surface area contributed by atoms with Crippen LogP contribution in [-0.2, 0) is 18.8 Å². The standard InChI is InChI=1S/C13H18N2O3/c1-8-5-10-11(15(3)13(17)14(10)2)6-9(8)12(16)7-18-4/h5-6,12,16H,7H2,1-4H3. The van der Waals surface area contributed by atoms with Crippen LogP contribution in [0.25, 0.3) is 11.0 Å². The van der Waals surface area contributed by atoms with Crippen molar-refractivity contribution in [3.05, 3.63) is 33.7 Å². The topological polar surface area (TPSA) is 56.4 Å². The smallest absolute Gasteiger partial charge is 0.328 e. The third kappa shape index (κ3) is 1.85. The van der Waals surface area contributed by atoms with E-state index in [1.807, 2.05) is 19.1 Å². The summed E-state index contributed by atoms with van der Waals surface area (Å²) in [4.78, 5) is 11.8. The van der Waals surface area contributed by atoms with E-state index in [1.54, 1.807) is 30.3 Å². The van der Waals surface area contributed by atoms with Crippen molar-refractivity contribution in [3.8, 4) is 0 Å². The summed E-state index contributed by atoms with van der Waals surface area (Å²) in [5, 5.41) is 10.0. The average molecular weight is 250 g/mol. The highest BCUT2D eigenvalue weighted by atomic mass is 16.5. The number of aromatic nitrogens is 2. The van der Waals surface area contributed by atoms with Crippen LogP contribution in [0.5, 0.6) is 0 Å². The third-order valence-electron chi connectivity index (χ3n) is 3.34. The van der Waals surface area contributed by atoms with Crippen molar-refractivity contribution in [1.82, 2.24) is 9.13 Å². The number of aliphatic hydroxyl groups is 1. The number of nitrogens with zero attached hydrogens (tertiary/aromatic N) is 2. The lowest BCUT2D eigenvalue weighted by atomic mass is 10.0. The molecule has 0 saturated carbocycles. The maximum Gasteiger partial charge on any atom is 0.328 e. The highest BCUT2D eigenvalue weighted by Crippen LogP contribution is 2.23. The van der Waals surface area contributed by atoms with E-state index in [2.05, 4.69) is 0 Å². The number of aryl methyl sites for hydroxylation is 3. The molecule has 0 amide bonds. The Hall–Kier alpha value is -1.59. The van der Waals surface area contributed by atoms with E-state index in [4.69, 9.17) is 4.74 Å². The lowest BCUT2D eigenvalue weighted by Crippen LogP contribution is -2.19. The van der Waals surface area contributed by atoms with Crippen LogP contribution in [0.1, 0.15) is 17.2 Å². The Kier molecular flexibility index (Phi) is 3.28. The molecule has 98 valence electrons. The number of ether oxygens (including phenoxy) is 1. The molecule has 1 unspecified atom stereocenters. The van der Waals surface area contributed by atoms with Gasteiger partial charge in [-0.3, -0.25) is 9.13 Å². The first-order valence-electron chi connectivity index (χ1n) is 5.80. The molecular formula is C13H18N2O3. The van der Waals surface area contributed by atoms with Gasteiger partial charge in [-0.15, -0.1) is 0 Å². The normalized spacial score (nSPS) is 13.2. The first-order valence-corrected chi connectivity index (χ1v) is 5.80. The van der Waals surface area contributed by atoms with Crippen LogP contribution in [0.15, 0.2) is 16.9 Å². The van der Waals surface area contributed by atoms with Crippen LogP contribution in [-0.4, -0.2) is 28.0 Å². The number of methoxy groups -OCH3 is 1. The number of imidazole rings is 1. The molecule has 1 aromatic carbocycles. The van der Waals surface area contributed by atoms with Gasteiger partial charge in [-0.1, -0.05) is 0 Å². The van der Waals surface area contributed by atoms with Gasteiger partial charge in [-0.05, 0) is 30.2 Å². The van der Waals surface area contributed by atoms with E-state index in [1.165, 1.54) is 0 Å². The molecular weight excluding hydrogens is 232 g/mol. The average Bonchev–Trinajstić information content (AvgIpc) is 2.54. The molecule has 2 aromatic rings. The quantitative estimate of drug-likeness (QED) is 0.879. The second-order valence-corrected chi connectivity index (χ2v) is 4.57. The Morgan fingerprint density at radius 2 is 1.83 bits per heavy atom. The van der Waals surface area contributed by atoms with Crippen molar-refractivity contribution in [1.29, 1.82) is 0 Å². The van der Waals surface area contributed by atoms with E-state index < -0.39 is 6.10 Å². The number of hydrogen-bond donors (Lipinski definition) is 1. The fraction of sp³-hybridized carbons (Fsp3) is 0.462. The molecule has 18 heavy (non-hydrogen) atoms. The van der Waals surface area contributed by atoms with Gasteiger partial charge in [-0.2, -0.15) is 0 Å². The van der Waals surface area contributed by atoms with Gasteiger partial charge in [0, 0.05) is 21.2 Å². The number of hydrogen-bond acceptors (Lipinski definition) is 3. The van der Waals surface area contributed by atoms with Gasteiger partial charge >= 0.3 is 5.69 Å². The highest BCUT2D eigenvalue weighted by molar-refractivity contribution is 5.78. The molecule has 0 bridgehead atoms. The summed E-state index contributed by atoms with van der Waals surface area (Å²) in [6.07, 6.45) is -0.672. The van der Waals surface area contributed by atoms with Gasteiger partial charge in [0.1, 0.15) is 6.10 Å². The molecule has 0 saturated heterocycles. The third-order valence-corrected chi connectivity index (χ3v) is 3.34. The predicted octanol–water partition coefficient (Wildman–Crippen LogP) is 0.865. The van der Waals surface area contributed by atoms with Gasteiger partial charge in [-0.25, -0.2) is 4.79 Å². The zero-order valence-electron chi connectivity index (χ0n) is 11.1. The van der Waals surface area contributed by atoms with Crippen molar-refractivity contribution in [2.75, 3.05) is 13.7 Å². The van der Waals surface area contributed by atoms with Gasteiger partial charge in [0.05, 0.1) is 17.6 Å². The minimum Gasteiger partial charge on any atom is -0.386 e. The van der Waals surface area contributed by atoms with E-state index in [0.717, 1.165) is 22.2 Å². The molecule has 0 radical (unpaired) electrons. The molecule has 1 N–H and O–H groups in total. The lowest BCUT2D eigenvalue weighted by Gasteiger charge is -2.13. The molecule has 0 aliphatic rings. The highest BCUT2D eigenvalue weighted by Gasteiger charge is 2.15. The molecule has 2 rings (SSSR count). The summed E-state index contributed by atoms with van der Waals surface area (Å²) in [6, 6.07) is 3.78. The van der Waals surface area contributed by atoms with Crippen molar-refractivity contribution in [3.63, 3.8) is 0 Å². The fourth-order valence-corrected chi connectivity index (χ4v) is 2.27. The number of benzene rings is 1. The van der Waals surface area contributed by atoms with E-state index >= 15 is 0 Å². The molecule has 0 aliphatic heterocycles. The van der Waals surface area contributed by atoms with Crippen LogP contribution < -0.4 is 5.69 Å². The SMILES string of the molecule is COCC(O)c1cc2c(cc1C)n(C)c(=O)n2C. The van der Waals surface area contributed by atoms with Crippen LogP contribution in [0.4, 0.5) is 0 Å². The zero-order valence-corrected chi connectivity index (χ0v) is 11.1. The van der Waals surface area contributed by atoms with Gasteiger partial charge in [0.25, 0.3) is 0 Å². The van der Waals surface area contributed by atoms with Crippen LogP contribution >= 0.6 is 0 Å². The molecule has 5 heteroatoms. The summed E-state index contributed by atoms with van der Waals surface area (Å²) in [5.74, 6) is 0. The molecule has 1 heterocycles. The molecule has 0 aliphatic carbocycles. The Morgan fingerprint density at radius 1 is 1.28 bits per heavy atom. The largest absolute Gasteiger partial charge is 0.386 e. The Morgan fingerprint density at radius 3 is 2.39 bits per heavy atom. The van der Waals surface area contributed by atoms with Crippen LogP contribution in [0, 0.1) is 6.92 Å². The van der Waals surface area contributed by atoms with Crippen LogP contribution in [0.2, 0.25) is 0 Å². The minimum atomic E-state index is -0.672. The number of rotatable bonds is 3. The minimum absolute atomic E-state index is 0.0669. The molecule has 1 atom stereocenters. The second kappa shape index (κ2) is 4.59. The summed E-state index contributed by atoms with van der Waals surface area (Å²) < 4.78 is 8.15. The summed E-state index contributed by atoms with van der Waals surface area (Å²) in [7, 11) is 5.02. The fourth-order valence-electron chi connectivity index (χ4n) is 2.27. The summed E-state index contributed by atoms with van der Waals surface area (Å²) in [5.41, 5.74) is 3.37. The van der Waals surface area contributed by atoms with Crippen molar-refractivity contribution in [2.24, 2.45) is 14.1 Å².